The third-order valence-corrected chi connectivity index (χ3v) is 2.82. The lowest BCUT2D eigenvalue weighted by Crippen LogP contribution is -2.46. The van der Waals surface area contributed by atoms with Gasteiger partial charge in [-0.25, -0.2) is 0 Å². The minimum atomic E-state index is -0.978. The molecule has 1 heterocycles. The maximum absolute atomic E-state index is 10.2. The van der Waals surface area contributed by atoms with Crippen LogP contribution in [0.25, 0.3) is 0 Å². The Kier molecular flexibility index (Phi) is 2.93. The molecule has 82 valence electrons. The van der Waals surface area contributed by atoms with Crippen LogP contribution in [0.5, 0.6) is 5.75 Å². The van der Waals surface area contributed by atoms with Gasteiger partial charge in [-0.3, -0.25) is 0 Å². The standard InChI is InChI=1S/C12H17NO2/c1-13-9-7-12(14,8-10-13)15-11-5-3-2-4-6-11/h2-6,14H,7-10H2,1H3. The van der Waals surface area contributed by atoms with Gasteiger partial charge in [0.15, 0.2) is 0 Å². The summed E-state index contributed by atoms with van der Waals surface area (Å²) < 4.78 is 5.62. The van der Waals surface area contributed by atoms with Gasteiger partial charge in [0, 0.05) is 25.9 Å². The van der Waals surface area contributed by atoms with E-state index in [-0.39, 0.29) is 0 Å². The van der Waals surface area contributed by atoms with Crippen molar-refractivity contribution in [1.82, 2.24) is 4.90 Å². The van der Waals surface area contributed by atoms with E-state index >= 15 is 0 Å². The molecule has 0 atom stereocenters. The Labute approximate surface area is 90.3 Å². The molecule has 0 unspecified atom stereocenters. The fraction of sp³-hybridized carbons (Fsp3) is 0.500. The van der Waals surface area contributed by atoms with E-state index in [1.54, 1.807) is 0 Å². The molecule has 1 fully saturated rings. The number of nitrogens with zero attached hydrogens (tertiary/aromatic N) is 1. The molecule has 0 saturated carbocycles. The zero-order valence-electron chi connectivity index (χ0n) is 9.02. The Morgan fingerprint density at radius 3 is 2.40 bits per heavy atom. The summed E-state index contributed by atoms with van der Waals surface area (Å²) in [6.45, 7) is 1.76. The SMILES string of the molecule is CN1CCC(O)(Oc2ccccc2)CC1. The van der Waals surface area contributed by atoms with Gasteiger partial charge in [0.1, 0.15) is 5.75 Å². The molecule has 0 aliphatic carbocycles. The van der Waals surface area contributed by atoms with Crippen molar-refractivity contribution in [3.8, 4) is 5.75 Å². The van der Waals surface area contributed by atoms with Gasteiger partial charge in [-0.1, -0.05) is 18.2 Å². The number of para-hydroxylation sites is 1. The van der Waals surface area contributed by atoms with Gasteiger partial charge in [-0.05, 0) is 19.2 Å². The molecule has 1 aromatic carbocycles. The summed E-state index contributed by atoms with van der Waals surface area (Å²) in [6, 6.07) is 9.50. The molecular weight excluding hydrogens is 190 g/mol. The summed E-state index contributed by atoms with van der Waals surface area (Å²) in [5.41, 5.74) is 0. The van der Waals surface area contributed by atoms with E-state index in [2.05, 4.69) is 11.9 Å². The molecule has 15 heavy (non-hydrogen) atoms. The minimum Gasteiger partial charge on any atom is -0.462 e. The van der Waals surface area contributed by atoms with Crippen molar-refractivity contribution in [3.63, 3.8) is 0 Å². The van der Waals surface area contributed by atoms with Gasteiger partial charge in [0.05, 0.1) is 0 Å². The van der Waals surface area contributed by atoms with Crippen molar-refractivity contribution >= 4 is 0 Å². The monoisotopic (exact) mass is 207 g/mol. The number of ether oxygens (including phenoxy) is 1. The quantitative estimate of drug-likeness (QED) is 0.746. The Balaban J connectivity index is 1.99. The first-order chi connectivity index (χ1) is 7.18. The molecular formula is C12H17NO2. The molecule has 1 saturated heterocycles. The fourth-order valence-electron chi connectivity index (χ4n) is 1.78. The van der Waals surface area contributed by atoms with Crippen molar-refractivity contribution in [3.05, 3.63) is 30.3 Å². The summed E-state index contributed by atoms with van der Waals surface area (Å²) in [5.74, 6) is -0.238. The van der Waals surface area contributed by atoms with Gasteiger partial charge in [-0.15, -0.1) is 0 Å². The summed E-state index contributed by atoms with van der Waals surface area (Å²) in [4.78, 5) is 2.20. The predicted molar refractivity (Wildman–Crippen MR) is 58.8 cm³/mol. The second kappa shape index (κ2) is 4.21. The summed E-state index contributed by atoms with van der Waals surface area (Å²) in [5, 5.41) is 10.2. The smallest absolute Gasteiger partial charge is 0.210 e. The molecule has 1 aliphatic heterocycles. The third-order valence-electron chi connectivity index (χ3n) is 2.82. The van der Waals surface area contributed by atoms with Gasteiger partial charge in [0.25, 0.3) is 0 Å². The molecule has 0 radical (unpaired) electrons. The van der Waals surface area contributed by atoms with Crippen molar-refractivity contribution < 1.29 is 9.84 Å². The highest BCUT2D eigenvalue weighted by molar-refractivity contribution is 5.21. The van der Waals surface area contributed by atoms with Crippen LogP contribution in [-0.4, -0.2) is 35.9 Å². The molecule has 1 aliphatic rings. The van der Waals surface area contributed by atoms with Gasteiger partial charge >= 0.3 is 0 Å². The Morgan fingerprint density at radius 1 is 1.20 bits per heavy atom. The van der Waals surface area contributed by atoms with Crippen LogP contribution in [0.15, 0.2) is 30.3 Å². The fourth-order valence-corrected chi connectivity index (χ4v) is 1.78. The topological polar surface area (TPSA) is 32.7 Å². The maximum Gasteiger partial charge on any atom is 0.210 e. The van der Waals surface area contributed by atoms with E-state index in [9.17, 15) is 5.11 Å². The second-order valence-corrected chi connectivity index (χ2v) is 4.16. The lowest BCUT2D eigenvalue weighted by Gasteiger charge is -2.36. The molecule has 0 bridgehead atoms. The highest BCUT2D eigenvalue weighted by Gasteiger charge is 2.33. The van der Waals surface area contributed by atoms with E-state index in [0.29, 0.717) is 12.8 Å². The van der Waals surface area contributed by atoms with E-state index in [1.165, 1.54) is 0 Å². The largest absolute Gasteiger partial charge is 0.462 e. The molecule has 0 amide bonds. The average Bonchev–Trinajstić information content (AvgIpc) is 2.24. The van der Waals surface area contributed by atoms with Crippen LogP contribution in [0.2, 0.25) is 0 Å². The molecule has 3 nitrogen and oxygen atoms in total. The van der Waals surface area contributed by atoms with Crippen molar-refractivity contribution in [2.45, 2.75) is 18.6 Å². The molecule has 0 spiro atoms. The Bertz CT molecular complexity index is 305. The first-order valence-corrected chi connectivity index (χ1v) is 5.33. The normalized spacial score (nSPS) is 21.2. The summed E-state index contributed by atoms with van der Waals surface area (Å²) in [6.07, 6.45) is 1.33. The molecule has 3 heteroatoms. The van der Waals surface area contributed by atoms with Crippen LogP contribution >= 0.6 is 0 Å². The van der Waals surface area contributed by atoms with Crippen LogP contribution in [0, 0.1) is 0 Å². The lowest BCUT2D eigenvalue weighted by molar-refractivity contribution is -0.166. The van der Waals surface area contributed by atoms with Crippen LogP contribution in [0.4, 0.5) is 0 Å². The average molecular weight is 207 g/mol. The van der Waals surface area contributed by atoms with Crippen molar-refractivity contribution in [2.75, 3.05) is 20.1 Å². The number of rotatable bonds is 2. The first kappa shape index (κ1) is 10.5. The van der Waals surface area contributed by atoms with Crippen molar-refractivity contribution in [1.29, 1.82) is 0 Å². The first-order valence-electron chi connectivity index (χ1n) is 5.33. The highest BCUT2D eigenvalue weighted by atomic mass is 16.6. The Morgan fingerprint density at radius 2 is 1.80 bits per heavy atom. The molecule has 2 rings (SSSR count). The third kappa shape index (κ3) is 2.70. The van der Waals surface area contributed by atoms with Crippen LogP contribution in [0.3, 0.4) is 0 Å². The maximum atomic E-state index is 10.2. The summed E-state index contributed by atoms with van der Waals surface area (Å²) in [7, 11) is 2.06. The van der Waals surface area contributed by atoms with E-state index < -0.39 is 5.79 Å². The highest BCUT2D eigenvalue weighted by Crippen LogP contribution is 2.25. The van der Waals surface area contributed by atoms with Crippen molar-refractivity contribution in [2.24, 2.45) is 0 Å². The van der Waals surface area contributed by atoms with E-state index in [0.717, 1.165) is 18.8 Å². The number of hydrogen-bond donors (Lipinski definition) is 1. The van der Waals surface area contributed by atoms with Crippen LogP contribution in [-0.2, 0) is 0 Å². The Hall–Kier alpha value is -1.06. The van der Waals surface area contributed by atoms with E-state index in [1.807, 2.05) is 30.3 Å². The number of piperidine rings is 1. The molecule has 0 aromatic heterocycles. The number of benzene rings is 1. The number of hydrogen-bond acceptors (Lipinski definition) is 3. The minimum absolute atomic E-state index is 0.665. The predicted octanol–water partition coefficient (Wildman–Crippen LogP) is 1.48. The van der Waals surface area contributed by atoms with Gasteiger partial charge < -0.3 is 14.7 Å². The van der Waals surface area contributed by atoms with E-state index in [4.69, 9.17) is 4.74 Å². The van der Waals surface area contributed by atoms with Crippen LogP contribution in [0.1, 0.15) is 12.8 Å². The van der Waals surface area contributed by atoms with Crippen LogP contribution < -0.4 is 4.74 Å². The van der Waals surface area contributed by atoms with Gasteiger partial charge in [0.2, 0.25) is 5.79 Å². The number of aliphatic hydroxyl groups is 1. The molecule has 1 aromatic rings. The summed E-state index contributed by atoms with van der Waals surface area (Å²) >= 11 is 0. The zero-order valence-corrected chi connectivity index (χ0v) is 9.02. The lowest BCUT2D eigenvalue weighted by atomic mass is 10.0. The number of likely N-dealkylation sites (tertiary alicyclic amines) is 1. The second-order valence-electron chi connectivity index (χ2n) is 4.16. The molecule has 1 N–H and O–H groups in total. The van der Waals surface area contributed by atoms with Gasteiger partial charge in [-0.2, -0.15) is 0 Å². The zero-order chi connectivity index (χ0) is 10.7.